The summed E-state index contributed by atoms with van der Waals surface area (Å²) in [7, 11) is 3.15. The summed E-state index contributed by atoms with van der Waals surface area (Å²) in [5.74, 6) is -0.0832. The van der Waals surface area contributed by atoms with Crippen LogP contribution in [0.25, 0.3) is 0 Å². The van der Waals surface area contributed by atoms with Gasteiger partial charge in [-0.2, -0.15) is 0 Å². The highest BCUT2D eigenvalue weighted by molar-refractivity contribution is 5.96. The molecule has 1 aromatic rings. The van der Waals surface area contributed by atoms with E-state index in [0.717, 1.165) is 12.8 Å². The molecule has 25 heavy (non-hydrogen) atoms. The number of rotatable bonds is 5. The van der Waals surface area contributed by atoms with Crippen LogP contribution >= 0.6 is 0 Å². The van der Waals surface area contributed by atoms with Crippen LogP contribution in [0.2, 0.25) is 0 Å². The van der Waals surface area contributed by atoms with E-state index in [9.17, 15) is 14.0 Å². The van der Waals surface area contributed by atoms with Gasteiger partial charge in [0.1, 0.15) is 11.6 Å². The summed E-state index contributed by atoms with van der Waals surface area (Å²) in [4.78, 5) is 28.5. The largest absolute Gasteiger partial charge is 0.496 e. The molecular formula is C19H25FN2O3. The molecule has 0 bridgehead atoms. The first-order valence-corrected chi connectivity index (χ1v) is 8.88. The first-order chi connectivity index (χ1) is 12.0. The molecule has 6 heteroatoms. The Morgan fingerprint density at radius 3 is 2.76 bits per heavy atom. The molecule has 136 valence electrons. The lowest BCUT2D eigenvalue weighted by atomic mass is 10.1. The second-order valence-electron chi connectivity index (χ2n) is 7.08. The van der Waals surface area contributed by atoms with Crippen LogP contribution in [0.15, 0.2) is 18.2 Å². The van der Waals surface area contributed by atoms with Crippen LogP contribution in [-0.2, 0) is 4.79 Å². The van der Waals surface area contributed by atoms with E-state index in [0.29, 0.717) is 31.3 Å². The fourth-order valence-electron chi connectivity index (χ4n) is 4.02. The molecule has 1 saturated carbocycles. The van der Waals surface area contributed by atoms with E-state index >= 15 is 0 Å². The van der Waals surface area contributed by atoms with Crippen molar-refractivity contribution in [3.63, 3.8) is 0 Å². The Kier molecular flexibility index (Phi) is 5.25. The van der Waals surface area contributed by atoms with E-state index in [4.69, 9.17) is 4.74 Å². The van der Waals surface area contributed by atoms with Crippen molar-refractivity contribution in [2.24, 2.45) is 5.92 Å². The number of amides is 2. The monoisotopic (exact) mass is 348 g/mol. The maximum Gasteiger partial charge on any atom is 0.257 e. The maximum absolute atomic E-state index is 13.5. The minimum absolute atomic E-state index is 0.126. The molecule has 0 spiro atoms. The summed E-state index contributed by atoms with van der Waals surface area (Å²) >= 11 is 0. The van der Waals surface area contributed by atoms with Crippen LogP contribution in [0.5, 0.6) is 5.75 Å². The van der Waals surface area contributed by atoms with Crippen LogP contribution in [0, 0.1) is 11.7 Å². The van der Waals surface area contributed by atoms with Gasteiger partial charge in [0.15, 0.2) is 0 Å². The molecule has 2 fully saturated rings. The van der Waals surface area contributed by atoms with E-state index in [-0.39, 0.29) is 23.3 Å². The minimum Gasteiger partial charge on any atom is -0.496 e. The number of nitrogens with zero attached hydrogens (tertiary/aromatic N) is 2. The second-order valence-corrected chi connectivity index (χ2v) is 7.08. The third-order valence-electron chi connectivity index (χ3n) is 5.27. The number of hydrogen-bond donors (Lipinski definition) is 0. The predicted octanol–water partition coefficient (Wildman–Crippen LogP) is 2.70. The smallest absolute Gasteiger partial charge is 0.257 e. The van der Waals surface area contributed by atoms with Gasteiger partial charge in [-0.25, -0.2) is 4.39 Å². The fraction of sp³-hybridized carbons (Fsp3) is 0.579. The molecule has 5 nitrogen and oxygen atoms in total. The first-order valence-electron chi connectivity index (χ1n) is 8.88. The maximum atomic E-state index is 13.5. The van der Waals surface area contributed by atoms with Crippen LogP contribution in [0.1, 0.15) is 42.5 Å². The Balaban J connectivity index is 1.64. The van der Waals surface area contributed by atoms with Gasteiger partial charge < -0.3 is 14.5 Å². The van der Waals surface area contributed by atoms with Gasteiger partial charge in [-0.3, -0.25) is 9.59 Å². The highest BCUT2D eigenvalue weighted by atomic mass is 19.1. The molecule has 0 N–H and O–H groups in total. The molecule has 3 rings (SSSR count). The molecule has 1 saturated heterocycles. The van der Waals surface area contributed by atoms with Gasteiger partial charge in [-0.1, -0.05) is 12.8 Å². The normalized spacial score (nSPS) is 21.0. The zero-order chi connectivity index (χ0) is 18.0. The van der Waals surface area contributed by atoms with Crippen LogP contribution < -0.4 is 4.74 Å². The zero-order valence-electron chi connectivity index (χ0n) is 14.8. The Bertz CT molecular complexity index is 658. The summed E-state index contributed by atoms with van der Waals surface area (Å²) < 4.78 is 18.7. The zero-order valence-corrected chi connectivity index (χ0v) is 14.8. The van der Waals surface area contributed by atoms with Gasteiger partial charge in [-0.15, -0.1) is 0 Å². The van der Waals surface area contributed by atoms with Crippen molar-refractivity contribution in [2.75, 3.05) is 27.2 Å². The summed E-state index contributed by atoms with van der Waals surface area (Å²) in [6.45, 7) is 1.19. The summed E-state index contributed by atoms with van der Waals surface area (Å²) in [5, 5.41) is 0. The van der Waals surface area contributed by atoms with Crippen molar-refractivity contribution in [2.45, 2.75) is 38.1 Å². The molecule has 0 unspecified atom stereocenters. The molecule has 0 radical (unpaired) electrons. The van der Waals surface area contributed by atoms with Crippen molar-refractivity contribution in [1.29, 1.82) is 0 Å². The third kappa shape index (κ3) is 3.78. The number of likely N-dealkylation sites (tertiary alicyclic amines) is 1. The summed E-state index contributed by atoms with van der Waals surface area (Å²) in [6, 6.07) is 4.30. The molecular weight excluding hydrogens is 323 g/mol. The standard InChI is InChI=1S/C19H25FN2O3/c1-21(19(24)16-10-14(20)7-8-17(16)25-2)11-13-9-18(23)22(12-13)15-5-3-4-6-15/h7-8,10,13,15H,3-6,9,11-12H2,1-2H3/t13-/m0/s1. The van der Waals surface area contributed by atoms with Crippen molar-refractivity contribution >= 4 is 11.8 Å². The number of methoxy groups -OCH3 is 1. The van der Waals surface area contributed by atoms with E-state index in [2.05, 4.69) is 0 Å². The van der Waals surface area contributed by atoms with Gasteiger partial charge in [0.2, 0.25) is 5.91 Å². The number of hydrogen-bond acceptors (Lipinski definition) is 3. The Morgan fingerprint density at radius 2 is 2.08 bits per heavy atom. The predicted molar refractivity (Wildman–Crippen MR) is 92.0 cm³/mol. The number of carbonyl (C=O) groups is 2. The van der Waals surface area contributed by atoms with Crippen molar-refractivity contribution in [3.05, 3.63) is 29.6 Å². The van der Waals surface area contributed by atoms with Gasteiger partial charge in [0.25, 0.3) is 5.91 Å². The molecule has 1 aliphatic heterocycles. The van der Waals surface area contributed by atoms with Crippen molar-refractivity contribution in [3.8, 4) is 5.75 Å². The molecule has 2 amide bonds. The summed E-state index contributed by atoms with van der Waals surface area (Å²) in [5.41, 5.74) is 0.210. The SMILES string of the molecule is COc1ccc(F)cc1C(=O)N(C)C[C@@H]1CC(=O)N(C2CCCC2)C1. The van der Waals surface area contributed by atoms with Gasteiger partial charge in [0, 0.05) is 38.5 Å². The molecule has 1 heterocycles. The lowest BCUT2D eigenvalue weighted by Gasteiger charge is -2.25. The van der Waals surface area contributed by atoms with E-state index in [1.165, 1.54) is 38.2 Å². The van der Waals surface area contributed by atoms with Crippen LogP contribution in [0.3, 0.4) is 0 Å². The topological polar surface area (TPSA) is 49.9 Å². The average Bonchev–Trinajstić information content (AvgIpc) is 3.23. The Labute approximate surface area is 147 Å². The lowest BCUT2D eigenvalue weighted by Crippen LogP contribution is -2.36. The van der Waals surface area contributed by atoms with Crippen LogP contribution in [0.4, 0.5) is 4.39 Å². The van der Waals surface area contributed by atoms with E-state index < -0.39 is 5.82 Å². The minimum atomic E-state index is -0.471. The number of carbonyl (C=O) groups excluding carboxylic acids is 2. The third-order valence-corrected chi connectivity index (χ3v) is 5.27. The molecule has 1 aromatic carbocycles. The van der Waals surface area contributed by atoms with E-state index in [1.54, 1.807) is 11.9 Å². The van der Waals surface area contributed by atoms with Crippen LogP contribution in [-0.4, -0.2) is 54.9 Å². The molecule has 1 atom stereocenters. The lowest BCUT2D eigenvalue weighted by molar-refractivity contribution is -0.129. The van der Waals surface area contributed by atoms with Crippen molar-refractivity contribution < 1.29 is 18.7 Å². The molecule has 0 aromatic heterocycles. The van der Waals surface area contributed by atoms with E-state index in [1.807, 2.05) is 4.90 Å². The summed E-state index contributed by atoms with van der Waals surface area (Å²) in [6.07, 6.45) is 5.05. The van der Waals surface area contributed by atoms with Gasteiger partial charge >= 0.3 is 0 Å². The number of benzene rings is 1. The quantitative estimate of drug-likeness (QED) is 0.822. The number of halogens is 1. The average molecular weight is 348 g/mol. The Morgan fingerprint density at radius 1 is 1.36 bits per heavy atom. The second kappa shape index (κ2) is 7.42. The van der Waals surface area contributed by atoms with Gasteiger partial charge in [-0.05, 0) is 31.0 Å². The first kappa shape index (κ1) is 17.7. The fourth-order valence-corrected chi connectivity index (χ4v) is 4.02. The molecule has 2 aliphatic rings. The highest BCUT2D eigenvalue weighted by Crippen LogP contribution is 2.30. The molecule has 1 aliphatic carbocycles. The Hall–Kier alpha value is -2.11. The van der Waals surface area contributed by atoms with Crippen molar-refractivity contribution in [1.82, 2.24) is 9.80 Å². The number of ether oxygens (including phenoxy) is 1. The van der Waals surface area contributed by atoms with Gasteiger partial charge in [0.05, 0.1) is 12.7 Å². The highest BCUT2D eigenvalue weighted by Gasteiger charge is 2.36.